The molecular formula is C25H43NO2. The molecule has 0 saturated carbocycles. The molecule has 2 rings (SSSR count). The molecule has 0 bridgehead atoms. The molecule has 0 saturated heterocycles. The number of hydrogen-bond donors (Lipinski definition) is 1. The summed E-state index contributed by atoms with van der Waals surface area (Å²) in [4.78, 5) is 0. The van der Waals surface area contributed by atoms with Crippen LogP contribution in [0, 0.1) is 5.92 Å². The van der Waals surface area contributed by atoms with Crippen molar-refractivity contribution in [2.24, 2.45) is 5.92 Å². The second kappa shape index (κ2) is 21.9. The van der Waals surface area contributed by atoms with Crippen LogP contribution in [0.15, 0.2) is 54.6 Å². The molecule has 0 heterocycles. The predicted molar refractivity (Wildman–Crippen MR) is 123 cm³/mol. The van der Waals surface area contributed by atoms with Gasteiger partial charge in [0, 0.05) is 19.7 Å². The summed E-state index contributed by atoms with van der Waals surface area (Å²) >= 11 is 0. The lowest BCUT2D eigenvalue weighted by molar-refractivity contribution is 0.0490. The van der Waals surface area contributed by atoms with Crippen LogP contribution in [0.1, 0.15) is 58.9 Å². The Morgan fingerprint density at radius 1 is 0.929 bits per heavy atom. The molecule has 28 heavy (non-hydrogen) atoms. The van der Waals surface area contributed by atoms with E-state index in [4.69, 9.17) is 9.47 Å². The summed E-state index contributed by atoms with van der Waals surface area (Å²) in [5.74, 6) is 0.833. The van der Waals surface area contributed by atoms with Gasteiger partial charge >= 0.3 is 0 Å². The molecule has 0 spiro atoms. The Balaban J connectivity index is 0.000000556. The van der Waals surface area contributed by atoms with Crippen LogP contribution in [-0.4, -0.2) is 33.0 Å². The van der Waals surface area contributed by atoms with Gasteiger partial charge in [-0.3, -0.25) is 0 Å². The number of nitrogens with one attached hydrogen (secondary N) is 1. The van der Waals surface area contributed by atoms with Gasteiger partial charge in [-0.1, -0.05) is 82.3 Å². The largest absolute Gasteiger partial charge is 0.379 e. The van der Waals surface area contributed by atoms with Gasteiger partial charge in [-0.15, -0.1) is 0 Å². The van der Waals surface area contributed by atoms with Gasteiger partial charge in [0.1, 0.15) is 0 Å². The van der Waals surface area contributed by atoms with Gasteiger partial charge in [-0.2, -0.15) is 0 Å². The molecule has 3 nitrogen and oxygen atoms in total. The molecule has 0 amide bonds. The van der Waals surface area contributed by atoms with Crippen LogP contribution in [0.5, 0.6) is 0 Å². The smallest absolute Gasteiger partial charge is 0.0701 e. The summed E-state index contributed by atoms with van der Waals surface area (Å²) in [5.41, 5.74) is 1.30. The average molecular weight is 390 g/mol. The maximum absolute atomic E-state index is 5.43. The lowest BCUT2D eigenvalue weighted by atomic mass is 10.0. The molecule has 1 aromatic carbocycles. The minimum atomic E-state index is 0.688. The van der Waals surface area contributed by atoms with Crippen molar-refractivity contribution in [3.63, 3.8) is 0 Å². The molecule has 1 aromatic rings. The molecular weight excluding hydrogens is 346 g/mol. The van der Waals surface area contributed by atoms with Crippen LogP contribution < -0.4 is 5.32 Å². The first-order valence-corrected chi connectivity index (χ1v) is 11.1. The van der Waals surface area contributed by atoms with Gasteiger partial charge in [0.25, 0.3) is 0 Å². The number of rotatable bonds is 11. The van der Waals surface area contributed by atoms with E-state index < -0.39 is 0 Å². The fourth-order valence-electron chi connectivity index (χ4n) is 2.58. The van der Waals surface area contributed by atoms with Gasteiger partial charge in [-0.25, -0.2) is 0 Å². The molecule has 0 aliphatic heterocycles. The molecule has 1 aliphatic rings. The second-order valence-corrected chi connectivity index (χ2v) is 6.45. The summed E-state index contributed by atoms with van der Waals surface area (Å²) in [6.45, 7) is 13.1. The van der Waals surface area contributed by atoms with E-state index in [0.29, 0.717) is 13.2 Å². The average Bonchev–Trinajstić information content (AvgIpc) is 3.04. The first kappa shape index (κ1) is 26.6. The standard InChI is InChI=1S/C14H23NO2.C9H14.C2H6/c1-2-9-16-11-12-17-10-8-15-13-14-6-4-3-5-7-14;1-2-9-7-5-3-4-6-8-9;1-2/h3-7,15H,2,8-13H2,1H3;3-5,7,9H,2,6,8H2,1H3;1-2H3. The number of benzene rings is 1. The summed E-state index contributed by atoms with van der Waals surface area (Å²) in [6.07, 6.45) is 13.8. The summed E-state index contributed by atoms with van der Waals surface area (Å²) < 4.78 is 10.7. The van der Waals surface area contributed by atoms with Gasteiger partial charge in [0.15, 0.2) is 0 Å². The zero-order chi connectivity index (χ0) is 20.7. The molecule has 1 N–H and O–H groups in total. The first-order valence-electron chi connectivity index (χ1n) is 11.1. The highest BCUT2D eigenvalue weighted by atomic mass is 16.5. The zero-order valence-corrected chi connectivity index (χ0v) is 18.7. The highest BCUT2D eigenvalue weighted by Crippen LogP contribution is 2.15. The van der Waals surface area contributed by atoms with Crippen molar-refractivity contribution in [2.75, 3.05) is 33.0 Å². The Hall–Kier alpha value is -1.42. The van der Waals surface area contributed by atoms with Crippen molar-refractivity contribution in [3.8, 4) is 0 Å². The minimum Gasteiger partial charge on any atom is -0.379 e. The molecule has 0 aromatic heterocycles. The van der Waals surface area contributed by atoms with E-state index in [0.717, 1.165) is 38.6 Å². The highest BCUT2D eigenvalue weighted by Gasteiger charge is 2.00. The molecule has 0 radical (unpaired) electrons. The lowest BCUT2D eigenvalue weighted by Crippen LogP contribution is -2.20. The van der Waals surface area contributed by atoms with E-state index in [1.165, 1.54) is 24.8 Å². The van der Waals surface area contributed by atoms with E-state index in [1.807, 2.05) is 19.9 Å². The maximum Gasteiger partial charge on any atom is 0.0701 e. The fraction of sp³-hybridized carbons (Fsp3) is 0.600. The van der Waals surface area contributed by atoms with Gasteiger partial charge in [0.2, 0.25) is 0 Å². The predicted octanol–water partition coefficient (Wildman–Crippen LogP) is 6.16. The topological polar surface area (TPSA) is 30.5 Å². The molecule has 160 valence electrons. The quantitative estimate of drug-likeness (QED) is 0.459. The molecule has 1 unspecified atom stereocenters. The Kier molecular flexibility index (Phi) is 20.8. The summed E-state index contributed by atoms with van der Waals surface area (Å²) in [5, 5.41) is 3.34. The SMILES string of the molecule is CC.CCC1C=CC=CCC1.CCCOCCOCCNCc1ccccc1. The normalized spacial score (nSPS) is 15.1. The third-order valence-corrected chi connectivity index (χ3v) is 4.17. The van der Waals surface area contributed by atoms with Crippen LogP contribution in [0.3, 0.4) is 0 Å². The van der Waals surface area contributed by atoms with Crippen molar-refractivity contribution in [2.45, 2.75) is 59.9 Å². The summed E-state index contributed by atoms with van der Waals surface area (Å²) in [7, 11) is 0. The minimum absolute atomic E-state index is 0.688. The van der Waals surface area contributed by atoms with Crippen LogP contribution in [-0.2, 0) is 16.0 Å². The van der Waals surface area contributed by atoms with E-state index in [1.54, 1.807) is 0 Å². The van der Waals surface area contributed by atoms with E-state index in [2.05, 4.69) is 67.7 Å². The molecule has 3 heteroatoms. The Morgan fingerprint density at radius 2 is 1.64 bits per heavy atom. The lowest BCUT2D eigenvalue weighted by Gasteiger charge is -2.06. The van der Waals surface area contributed by atoms with E-state index >= 15 is 0 Å². The fourth-order valence-corrected chi connectivity index (χ4v) is 2.58. The number of ether oxygens (including phenoxy) is 2. The monoisotopic (exact) mass is 389 g/mol. The third kappa shape index (κ3) is 16.7. The van der Waals surface area contributed by atoms with Crippen molar-refractivity contribution < 1.29 is 9.47 Å². The Labute approximate surface area is 174 Å². The second-order valence-electron chi connectivity index (χ2n) is 6.45. The van der Waals surface area contributed by atoms with Crippen molar-refractivity contribution in [1.82, 2.24) is 5.32 Å². The van der Waals surface area contributed by atoms with Crippen molar-refractivity contribution >= 4 is 0 Å². The van der Waals surface area contributed by atoms with Gasteiger partial charge in [0.05, 0.1) is 19.8 Å². The van der Waals surface area contributed by atoms with Crippen LogP contribution in [0.25, 0.3) is 0 Å². The third-order valence-electron chi connectivity index (χ3n) is 4.17. The van der Waals surface area contributed by atoms with Crippen molar-refractivity contribution in [1.29, 1.82) is 0 Å². The Bertz CT molecular complexity index is 471. The highest BCUT2D eigenvalue weighted by molar-refractivity contribution is 5.14. The zero-order valence-electron chi connectivity index (χ0n) is 18.7. The van der Waals surface area contributed by atoms with E-state index in [9.17, 15) is 0 Å². The van der Waals surface area contributed by atoms with Gasteiger partial charge in [-0.05, 0) is 37.2 Å². The van der Waals surface area contributed by atoms with E-state index in [-0.39, 0.29) is 0 Å². The van der Waals surface area contributed by atoms with Crippen LogP contribution in [0.4, 0.5) is 0 Å². The Morgan fingerprint density at radius 3 is 2.32 bits per heavy atom. The van der Waals surface area contributed by atoms with Crippen LogP contribution in [0.2, 0.25) is 0 Å². The number of hydrogen-bond acceptors (Lipinski definition) is 3. The van der Waals surface area contributed by atoms with Crippen LogP contribution >= 0.6 is 0 Å². The molecule has 1 aliphatic carbocycles. The maximum atomic E-state index is 5.43. The van der Waals surface area contributed by atoms with Gasteiger partial charge < -0.3 is 14.8 Å². The molecule has 0 fully saturated rings. The number of allylic oxidation sites excluding steroid dienone is 4. The first-order chi connectivity index (χ1) is 13.9. The molecule has 1 atom stereocenters. The van der Waals surface area contributed by atoms with Crippen molar-refractivity contribution in [3.05, 3.63) is 60.2 Å². The summed E-state index contributed by atoms with van der Waals surface area (Å²) in [6, 6.07) is 10.4.